The Labute approximate surface area is 253 Å². The number of hydrogen-bond donors (Lipinski definition) is 0. The minimum Gasteiger partial charge on any atom is -0.496 e. The van der Waals surface area contributed by atoms with E-state index in [9.17, 15) is 14.4 Å². The van der Waals surface area contributed by atoms with Crippen LogP contribution in [0, 0.1) is 0 Å². The molecule has 43 heavy (non-hydrogen) atoms. The van der Waals surface area contributed by atoms with Gasteiger partial charge in [0.05, 0.1) is 42.7 Å². The number of hydrogen-bond acceptors (Lipinski definition) is 10. The quantitative estimate of drug-likeness (QED) is 0.268. The molecule has 0 unspecified atom stereocenters. The Morgan fingerprint density at radius 1 is 0.953 bits per heavy atom. The summed E-state index contributed by atoms with van der Waals surface area (Å²) in [6, 6.07) is 11.7. The van der Waals surface area contributed by atoms with Crippen LogP contribution in [0.2, 0.25) is 0 Å². The molecule has 4 rings (SSSR count). The van der Waals surface area contributed by atoms with Crippen molar-refractivity contribution in [2.75, 3.05) is 33.5 Å². The molecule has 1 aliphatic heterocycles. The molecule has 1 atom stereocenters. The summed E-state index contributed by atoms with van der Waals surface area (Å²) < 4.78 is 29.4. The van der Waals surface area contributed by atoms with E-state index in [1.54, 1.807) is 55.9 Å². The molecule has 0 radical (unpaired) electrons. The molecular weight excluding hydrogens is 572 g/mol. The maximum Gasteiger partial charge on any atom is 0.344 e. The smallest absolute Gasteiger partial charge is 0.344 e. The summed E-state index contributed by atoms with van der Waals surface area (Å²) in [7, 11) is 1.55. The number of fused-ring (bicyclic) bond motifs is 1. The van der Waals surface area contributed by atoms with Gasteiger partial charge in [0.1, 0.15) is 11.8 Å². The fourth-order valence-corrected chi connectivity index (χ4v) is 5.82. The van der Waals surface area contributed by atoms with Crippen molar-refractivity contribution in [3.8, 4) is 17.2 Å². The Morgan fingerprint density at radius 2 is 1.72 bits per heavy atom. The molecule has 0 amide bonds. The van der Waals surface area contributed by atoms with Gasteiger partial charge in [0.25, 0.3) is 5.56 Å². The van der Waals surface area contributed by atoms with E-state index in [4.69, 9.17) is 28.7 Å². The molecule has 2 aromatic carbocycles. The molecule has 11 heteroatoms. The second-order valence-electron chi connectivity index (χ2n) is 9.39. The highest BCUT2D eigenvalue weighted by atomic mass is 32.1. The summed E-state index contributed by atoms with van der Waals surface area (Å²) in [5, 5.41) is 0. The number of esters is 2. The van der Waals surface area contributed by atoms with Gasteiger partial charge in [-0.1, -0.05) is 48.9 Å². The maximum absolute atomic E-state index is 14.1. The molecule has 0 fully saturated rings. The van der Waals surface area contributed by atoms with Gasteiger partial charge >= 0.3 is 11.9 Å². The second-order valence-corrected chi connectivity index (χ2v) is 10.4. The zero-order valence-corrected chi connectivity index (χ0v) is 25.8. The van der Waals surface area contributed by atoms with Crippen LogP contribution in [0.15, 0.2) is 63.5 Å². The summed E-state index contributed by atoms with van der Waals surface area (Å²) >= 11 is 1.24. The van der Waals surface area contributed by atoms with Crippen molar-refractivity contribution in [1.82, 2.24) is 4.57 Å². The van der Waals surface area contributed by atoms with E-state index in [1.807, 2.05) is 32.0 Å². The van der Waals surface area contributed by atoms with Crippen molar-refractivity contribution in [3.63, 3.8) is 0 Å². The lowest BCUT2D eigenvalue weighted by atomic mass is 9.93. The van der Waals surface area contributed by atoms with E-state index in [0.29, 0.717) is 62.0 Å². The SMILES string of the molecule is CCCC1=C(C(=O)OCC)[C@H](c2ccccc2OC)n2c(s/c(=C\c3ccc(OCC(=O)OCC)c(OCC)c3)c2=O)=N1. The first-order valence-corrected chi connectivity index (χ1v) is 15.1. The number of carbonyl (C=O) groups excluding carboxylic acids is 2. The van der Waals surface area contributed by atoms with Crippen LogP contribution in [0.3, 0.4) is 0 Å². The lowest BCUT2D eigenvalue weighted by molar-refractivity contribution is -0.145. The van der Waals surface area contributed by atoms with Crippen LogP contribution in [-0.2, 0) is 19.1 Å². The average Bonchev–Trinajstić information content (AvgIpc) is 3.30. The highest BCUT2D eigenvalue weighted by Gasteiger charge is 2.35. The van der Waals surface area contributed by atoms with Crippen LogP contribution >= 0.6 is 11.3 Å². The van der Waals surface area contributed by atoms with Crippen LogP contribution in [0.4, 0.5) is 0 Å². The largest absolute Gasteiger partial charge is 0.496 e. The highest BCUT2D eigenvalue weighted by Crippen LogP contribution is 2.37. The Bertz CT molecular complexity index is 1690. The Balaban J connectivity index is 1.87. The van der Waals surface area contributed by atoms with Gasteiger partial charge in [-0.05, 0) is 57.0 Å². The van der Waals surface area contributed by atoms with E-state index in [1.165, 1.54) is 11.3 Å². The van der Waals surface area contributed by atoms with Crippen molar-refractivity contribution < 1.29 is 33.3 Å². The predicted molar refractivity (Wildman–Crippen MR) is 162 cm³/mol. The summed E-state index contributed by atoms with van der Waals surface area (Å²) in [6.45, 7) is 7.89. The highest BCUT2D eigenvalue weighted by molar-refractivity contribution is 7.07. The van der Waals surface area contributed by atoms with Crippen LogP contribution in [0.5, 0.6) is 17.2 Å². The number of ether oxygens (including phenoxy) is 5. The topological polar surface area (TPSA) is 115 Å². The number of nitrogens with zero attached hydrogens (tertiary/aromatic N) is 2. The van der Waals surface area contributed by atoms with Gasteiger partial charge in [-0.25, -0.2) is 14.6 Å². The molecular formula is C32H36N2O8S. The van der Waals surface area contributed by atoms with E-state index in [0.717, 1.165) is 6.42 Å². The molecule has 1 aromatic heterocycles. The lowest BCUT2D eigenvalue weighted by Gasteiger charge is -2.26. The molecule has 3 aromatic rings. The van der Waals surface area contributed by atoms with Crippen molar-refractivity contribution in [3.05, 3.63) is 84.5 Å². The third kappa shape index (κ3) is 6.99. The van der Waals surface area contributed by atoms with Gasteiger partial charge in [0, 0.05) is 5.56 Å². The number of carbonyl (C=O) groups is 2. The van der Waals surface area contributed by atoms with Gasteiger partial charge in [0.2, 0.25) is 0 Å². The minimum atomic E-state index is -0.784. The van der Waals surface area contributed by atoms with Crippen LogP contribution in [0.25, 0.3) is 6.08 Å². The Morgan fingerprint density at radius 3 is 2.42 bits per heavy atom. The monoisotopic (exact) mass is 608 g/mol. The average molecular weight is 609 g/mol. The number of methoxy groups -OCH3 is 1. The molecule has 0 saturated carbocycles. The molecule has 2 heterocycles. The van der Waals surface area contributed by atoms with E-state index >= 15 is 0 Å². The van der Waals surface area contributed by atoms with E-state index in [2.05, 4.69) is 0 Å². The van der Waals surface area contributed by atoms with Crippen LogP contribution in [-0.4, -0.2) is 50.0 Å². The first-order valence-electron chi connectivity index (χ1n) is 14.3. The zero-order chi connectivity index (χ0) is 30.9. The molecule has 10 nitrogen and oxygen atoms in total. The Hall–Kier alpha value is -4.38. The lowest BCUT2D eigenvalue weighted by Crippen LogP contribution is -2.40. The number of allylic oxidation sites excluding steroid dienone is 1. The van der Waals surface area contributed by atoms with Gasteiger partial charge in [0.15, 0.2) is 22.9 Å². The third-order valence-electron chi connectivity index (χ3n) is 6.54. The van der Waals surface area contributed by atoms with Gasteiger partial charge in [-0.15, -0.1) is 0 Å². The van der Waals surface area contributed by atoms with Gasteiger partial charge < -0.3 is 23.7 Å². The van der Waals surface area contributed by atoms with Crippen molar-refractivity contribution >= 4 is 29.4 Å². The van der Waals surface area contributed by atoms with Crippen molar-refractivity contribution in [2.24, 2.45) is 4.99 Å². The Kier molecular flexibility index (Phi) is 10.8. The van der Waals surface area contributed by atoms with Gasteiger partial charge in [-0.3, -0.25) is 9.36 Å². The fraction of sp³-hybridized carbons (Fsp3) is 0.375. The van der Waals surface area contributed by atoms with E-state index < -0.39 is 18.0 Å². The minimum absolute atomic E-state index is 0.187. The molecule has 1 aliphatic rings. The molecule has 0 spiro atoms. The normalized spacial score (nSPS) is 14.5. The van der Waals surface area contributed by atoms with Gasteiger partial charge in [-0.2, -0.15) is 0 Å². The summed E-state index contributed by atoms with van der Waals surface area (Å²) in [5.41, 5.74) is 1.95. The molecule has 0 bridgehead atoms. The molecule has 0 N–H and O–H groups in total. The standard InChI is InChI=1S/C32H36N2O8S/c1-6-12-22-28(31(37)41-9-4)29(21-13-10-11-14-23(21)38-5)34-30(36)26(43-32(34)33-22)18-20-15-16-24(25(17-20)39-7-2)42-19-27(35)40-8-3/h10-11,13-18,29H,6-9,12,19H2,1-5H3/b26-18-/t29-/m0/s1. The molecule has 0 aliphatic carbocycles. The van der Waals surface area contributed by atoms with Crippen LogP contribution < -0.4 is 29.1 Å². The summed E-state index contributed by atoms with van der Waals surface area (Å²) in [4.78, 5) is 44.5. The molecule has 0 saturated heterocycles. The van der Waals surface area contributed by atoms with Crippen LogP contribution in [0.1, 0.15) is 57.7 Å². The summed E-state index contributed by atoms with van der Waals surface area (Å²) in [6.07, 6.45) is 3.03. The second kappa shape index (κ2) is 14.7. The van der Waals surface area contributed by atoms with Crippen molar-refractivity contribution in [1.29, 1.82) is 0 Å². The first-order chi connectivity index (χ1) is 20.9. The number of rotatable bonds is 13. The third-order valence-corrected chi connectivity index (χ3v) is 7.52. The zero-order valence-electron chi connectivity index (χ0n) is 25.0. The number of benzene rings is 2. The summed E-state index contributed by atoms with van der Waals surface area (Å²) in [5.74, 6) is 0.355. The number of aromatic nitrogens is 1. The predicted octanol–water partition coefficient (Wildman–Crippen LogP) is 3.93. The fourth-order valence-electron chi connectivity index (χ4n) is 4.80. The van der Waals surface area contributed by atoms with E-state index in [-0.39, 0.29) is 25.4 Å². The first kappa shape index (κ1) is 31.6. The number of para-hydroxylation sites is 1. The maximum atomic E-state index is 14.1. The molecule has 228 valence electrons. The number of thiazole rings is 1. The van der Waals surface area contributed by atoms with Crippen molar-refractivity contribution in [2.45, 2.75) is 46.6 Å².